The van der Waals surface area contributed by atoms with Gasteiger partial charge in [-0.25, -0.2) is 8.42 Å². The molecule has 3 rings (SSSR count). The van der Waals surface area contributed by atoms with E-state index in [0.29, 0.717) is 38.4 Å². The second-order valence-electron chi connectivity index (χ2n) is 7.55. The summed E-state index contributed by atoms with van der Waals surface area (Å²) in [4.78, 5) is 16.6. The Morgan fingerprint density at radius 1 is 1.42 bits per heavy atom. The fourth-order valence-corrected chi connectivity index (χ4v) is 6.18. The van der Waals surface area contributed by atoms with Gasteiger partial charge in [0.25, 0.3) is 0 Å². The molecular formula is C18H29N3O3S2. The quantitative estimate of drug-likeness (QED) is 0.753. The van der Waals surface area contributed by atoms with Gasteiger partial charge in [-0.2, -0.15) is 0 Å². The minimum atomic E-state index is -3.45. The highest BCUT2D eigenvalue weighted by atomic mass is 32.2. The van der Waals surface area contributed by atoms with Crippen LogP contribution in [0.1, 0.15) is 30.6 Å². The number of rotatable bonds is 6. The van der Waals surface area contributed by atoms with Crippen LogP contribution >= 0.6 is 11.3 Å². The molecule has 26 heavy (non-hydrogen) atoms. The van der Waals surface area contributed by atoms with E-state index in [1.807, 2.05) is 0 Å². The molecule has 2 aliphatic heterocycles. The lowest BCUT2D eigenvalue weighted by Crippen LogP contribution is -2.58. The zero-order valence-corrected chi connectivity index (χ0v) is 17.0. The molecule has 2 N–H and O–H groups in total. The summed E-state index contributed by atoms with van der Waals surface area (Å²) in [6.07, 6.45) is 4.10. The Labute approximate surface area is 160 Å². The number of amides is 1. The number of sulfone groups is 1. The summed E-state index contributed by atoms with van der Waals surface area (Å²) in [5.74, 6) is 0.0721. The average Bonchev–Trinajstić information content (AvgIpc) is 3.12. The highest BCUT2D eigenvalue weighted by Crippen LogP contribution is 2.28. The number of hydrogen-bond donors (Lipinski definition) is 2. The van der Waals surface area contributed by atoms with Crippen molar-refractivity contribution in [3.8, 4) is 0 Å². The first-order valence-electron chi connectivity index (χ1n) is 9.34. The lowest BCUT2D eigenvalue weighted by atomic mass is 9.94. The molecule has 2 fully saturated rings. The summed E-state index contributed by atoms with van der Waals surface area (Å²) >= 11 is 1.77. The van der Waals surface area contributed by atoms with E-state index < -0.39 is 14.6 Å². The summed E-state index contributed by atoms with van der Waals surface area (Å²) in [6, 6.07) is 4.23. The fourth-order valence-electron chi connectivity index (χ4n) is 4.08. The molecule has 0 saturated carbocycles. The Kier molecular flexibility index (Phi) is 6.37. The van der Waals surface area contributed by atoms with Gasteiger partial charge in [0.15, 0.2) is 14.6 Å². The van der Waals surface area contributed by atoms with E-state index in [9.17, 15) is 13.2 Å². The molecule has 0 radical (unpaired) electrons. The second-order valence-corrected chi connectivity index (χ2v) is 10.9. The predicted molar refractivity (Wildman–Crippen MR) is 105 cm³/mol. The van der Waals surface area contributed by atoms with Crippen molar-refractivity contribution in [1.29, 1.82) is 0 Å². The third-order valence-electron chi connectivity index (χ3n) is 5.65. The maximum atomic E-state index is 12.8. The molecule has 0 spiro atoms. The minimum Gasteiger partial charge on any atom is -0.354 e. The highest BCUT2D eigenvalue weighted by molar-refractivity contribution is 7.92. The molecule has 6 nitrogen and oxygen atoms in total. The molecule has 3 heterocycles. The molecule has 1 aromatic heterocycles. The van der Waals surface area contributed by atoms with Crippen LogP contribution < -0.4 is 10.6 Å². The summed E-state index contributed by atoms with van der Waals surface area (Å²) in [6.45, 7) is 4.69. The van der Waals surface area contributed by atoms with Crippen molar-refractivity contribution in [2.24, 2.45) is 5.92 Å². The number of nitrogens with one attached hydrogen (secondary N) is 2. The second kappa shape index (κ2) is 8.37. The van der Waals surface area contributed by atoms with Crippen LogP contribution in [0.2, 0.25) is 0 Å². The van der Waals surface area contributed by atoms with Gasteiger partial charge in [-0.1, -0.05) is 6.07 Å². The van der Waals surface area contributed by atoms with Crippen LogP contribution in [-0.4, -0.2) is 63.0 Å². The van der Waals surface area contributed by atoms with Crippen LogP contribution in [0.5, 0.6) is 0 Å². The molecule has 2 saturated heterocycles. The van der Waals surface area contributed by atoms with Crippen LogP contribution in [0.25, 0.3) is 0 Å². The molecule has 146 valence electrons. The molecule has 0 aromatic carbocycles. The van der Waals surface area contributed by atoms with Crippen LogP contribution in [-0.2, 0) is 21.2 Å². The van der Waals surface area contributed by atoms with Crippen molar-refractivity contribution in [2.75, 3.05) is 39.0 Å². The van der Waals surface area contributed by atoms with Gasteiger partial charge in [0.1, 0.15) is 0 Å². The molecule has 8 heteroatoms. The van der Waals surface area contributed by atoms with Crippen LogP contribution in [0.3, 0.4) is 0 Å². The molecule has 2 aliphatic rings. The van der Waals surface area contributed by atoms with E-state index in [1.165, 1.54) is 11.1 Å². The molecule has 1 unspecified atom stereocenters. The Balaban J connectivity index is 1.56. The van der Waals surface area contributed by atoms with Gasteiger partial charge in [-0.15, -0.1) is 11.3 Å². The van der Waals surface area contributed by atoms with Crippen LogP contribution in [0.4, 0.5) is 0 Å². The molecular weight excluding hydrogens is 370 g/mol. The van der Waals surface area contributed by atoms with Crippen molar-refractivity contribution in [3.63, 3.8) is 0 Å². The standard InChI is InChI=1S/C18H29N3O3S2/c1-26(23,24)18(6-8-19-9-7-18)17(22)20-12-15-4-2-10-21(13-15)14-16-5-3-11-25-16/h3,5,11,15,19H,2,4,6-10,12-14H2,1H3,(H,20,22). The van der Waals surface area contributed by atoms with Crippen LogP contribution in [0, 0.1) is 5.92 Å². The fraction of sp³-hybridized carbons (Fsp3) is 0.722. The smallest absolute Gasteiger partial charge is 0.241 e. The number of nitrogens with zero attached hydrogens (tertiary/aromatic N) is 1. The normalized spacial score (nSPS) is 24.3. The average molecular weight is 400 g/mol. The lowest BCUT2D eigenvalue weighted by molar-refractivity contribution is -0.124. The first-order valence-corrected chi connectivity index (χ1v) is 12.1. The number of thiophene rings is 1. The third kappa shape index (κ3) is 4.47. The monoisotopic (exact) mass is 399 g/mol. The summed E-state index contributed by atoms with van der Waals surface area (Å²) in [5.41, 5.74) is 0. The van der Waals surface area contributed by atoms with Crippen molar-refractivity contribution in [2.45, 2.75) is 37.0 Å². The van der Waals surface area contributed by atoms with E-state index in [2.05, 4.69) is 33.0 Å². The van der Waals surface area contributed by atoms with Crippen molar-refractivity contribution in [1.82, 2.24) is 15.5 Å². The SMILES string of the molecule is CS(=O)(=O)C1(C(=O)NCC2CCCN(Cc3cccs3)C2)CCNCC1. The van der Waals surface area contributed by atoms with Gasteiger partial charge < -0.3 is 10.6 Å². The van der Waals surface area contributed by atoms with E-state index in [-0.39, 0.29) is 5.91 Å². The van der Waals surface area contributed by atoms with E-state index in [0.717, 1.165) is 32.5 Å². The first kappa shape index (κ1) is 19.8. The van der Waals surface area contributed by atoms with Gasteiger partial charge in [0, 0.05) is 30.8 Å². The maximum Gasteiger partial charge on any atom is 0.241 e. The van der Waals surface area contributed by atoms with Gasteiger partial charge >= 0.3 is 0 Å². The molecule has 1 aromatic rings. The van der Waals surface area contributed by atoms with Gasteiger partial charge in [-0.3, -0.25) is 9.69 Å². The zero-order valence-electron chi connectivity index (χ0n) is 15.4. The Bertz CT molecular complexity index is 697. The van der Waals surface area contributed by atoms with Gasteiger partial charge in [0.05, 0.1) is 0 Å². The van der Waals surface area contributed by atoms with E-state index in [1.54, 1.807) is 11.3 Å². The molecule has 0 bridgehead atoms. The number of hydrogen-bond acceptors (Lipinski definition) is 6. The number of carbonyl (C=O) groups excluding carboxylic acids is 1. The summed E-state index contributed by atoms with van der Waals surface area (Å²) in [5, 5.41) is 8.23. The number of likely N-dealkylation sites (tertiary alicyclic amines) is 1. The Morgan fingerprint density at radius 2 is 2.19 bits per heavy atom. The number of piperidine rings is 2. The minimum absolute atomic E-state index is 0.308. The largest absolute Gasteiger partial charge is 0.354 e. The molecule has 1 atom stereocenters. The van der Waals surface area contributed by atoms with E-state index >= 15 is 0 Å². The first-order chi connectivity index (χ1) is 12.4. The van der Waals surface area contributed by atoms with E-state index in [4.69, 9.17) is 0 Å². The molecule has 1 amide bonds. The lowest BCUT2D eigenvalue weighted by Gasteiger charge is -2.36. The molecule has 0 aliphatic carbocycles. The third-order valence-corrected chi connectivity index (χ3v) is 8.52. The van der Waals surface area contributed by atoms with Crippen LogP contribution in [0.15, 0.2) is 17.5 Å². The van der Waals surface area contributed by atoms with Gasteiger partial charge in [-0.05, 0) is 62.7 Å². The summed E-state index contributed by atoms with van der Waals surface area (Å²) < 4.78 is 23.4. The maximum absolute atomic E-state index is 12.8. The Morgan fingerprint density at radius 3 is 2.85 bits per heavy atom. The van der Waals surface area contributed by atoms with Crippen molar-refractivity contribution < 1.29 is 13.2 Å². The van der Waals surface area contributed by atoms with Gasteiger partial charge in [0.2, 0.25) is 5.91 Å². The predicted octanol–water partition coefficient (Wildman–Crippen LogP) is 1.24. The Hall–Kier alpha value is -0.960. The van der Waals surface area contributed by atoms with Crippen molar-refractivity contribution >= 4 is 27.1 Å². The highest BCUT2D eigenvalue weighted by Gasteiger charge is 2.48. The zero-order chi connectivity index (χ0) is 18.6. The van der Waals surface area contributed by atoms with Crippen molar-refractivity contribution in [3.05, 3.63) is 22.4 Å². The summed E-state index contributed by atoms with van der Waals surface area (Å²) in [7, 11) is -3.45. The number of carbonyl (C=O) groups is 1. The topological polar surface area (TPSA) is 78.5 Å².